The normalized spacial score (nSPS) is 33.5. The van der Waals surface area contributed by atoms with Crippen LogP contribution in [0.5, 0.6) is 0 Å². The third-order valence-corrected chi connectivity index (χ3v) is 4.35. The van der Waals surface area contributed by atoms with Crippen molar-refractivity contribution >= 4 is 0 Å². The van der Waals surface area contributed by atoms with E-state index in [1.165, 1.54) is 12.8 Å². The van der Waals surface area contributed by atoms with Crippen LogP contribution in [0.25, 0.3) is 0 Å². The lowest BCUT2D eigenvalue weighted by molar-refractivity contribution is -0.0582. The van der Waals surface area contributed by atoms with Crippen molar-refractivity contribution in [3.8, 4) is 0 Å². The fraction of sp³-hybridized carbons (Fsp3) is 1.00. The highest BCUT2D eigenvalue weighted by molar-refractivity contribution is 4.82. The first-order valence-corrected chi connectivity index (χ1v) is 7.34. The Morgan fingerprint density at radius 3 is 2.72 bits per heavy atom. The van der Waals surface area contributed by atoms with Crippen LogP contribution in [0, 0.1) is 11.8 Å². The molecule has 0 spiro atoms. The summed E-state index contributed by atoms with van der Waals surface area (Å²) in [6, 6.07) is 0. The zero-order valence-corrected chi connectivity index (χ0v) is 11.4. The van der Waals surface area contributed by atoms with Gasteiger partial charge in [0.25, 0.3) is 0 Å². The molecule has 1 aliphatic heterocycles. The van der Waals surface area contributed by atoms with Crippen LogP contribution in [0.1, 0.15) is 38.5 Å². The first-order valence-electron chi connectivity index (χ1n) is 7.34. The molecular weight excluding hydrogens is 234 g/mol. The molecule has 2 atom stereocenters. The number of likely N-dealkylation sites (tertiary alicyclic amines) is 1. The second-order valence-corrected chi connectivity index (χ2v) is 6.14. The number of nitrogens with zero attached hydrogens (tertiary/aromatic N) is 1. The SMILES string of the molecule is CNCC1CCCN(CC2CCCC(F)(F)C2)C1. The lowest BCUT2D eigenvalue weighted by Crippen LogP contribution is -2.42. The lowest BCUT2D eigenvalue weighted by atomic mass is 9.85. The molecule has 106 valence electrons. The van der Waals surface area contributed by atoms with Gasteiger partial charge in [-0.1, -0.05) is 0 Å². The van der Waals surface area contributed by atoms with E-state index < -0.39 is 5.92 Å². The van der Waals surface area contributed by atoms with E-state index in [0.717, 1.165) is 32.6 Å². The number of hydrogen-bond donors (Lipinski definition) is 1. The minimum absolute atomic E-state index is 0.103. The second-order valence-electron chi connectivity index (χ2n) is 6.14. The topological polar surface area (TPSA) is 15.3 Å². The van der Waals surface area contributed by atoms with E-state index in [1.54, 1.807) is 0 Å². The molecule has 0 bridgehead atoms. The Labute approximate surface area is 109 Å². The van der Waals surface area contributed by atoms with Gasteiger partial charge in [-0.15, -0.1) is 0 Å². The van der Waals surface area contributed by atoms with Gasteiger partial charge in [-0.3, -0.25) is 0 Å². The molecule has 1 saturated heterocycles. The number of hydrogen-bond acceptors (Lipinski definition) is 2. The predicted molar refractivity (Wildman–Crippen MR) is 70.0 cm³/mol. The summed E-state index contributed by atoms with van der Waals surface area (Å²) >= 11 is 0. The van der Waals surface area contributed by atoms with Crippen LogP contribution in [0.2, 0.25) is 0 Å². The van der Waals surface area contributed by atoms with Crippen molar-refractivity contribution in [1.82, 2.24) is 10.2 Å². The molecule has 0 amide bonds. The number of alkyl halides is 2. The predicted octanol–water partition coefficient (Wildman–Crippen LogP) is 2.74. The fourth-order valence-corrected chi connectivity index (χ4v) is 3.57. The maximum atomic E-state index is 13.4. The summed E-state index contributed by atoms with van der Waals surface area (Å²) in [5.74, 6) is -1.49. The average molecular weight is 260 g/mol. The molecule has 1 N–H and O–H groups in total. The van der Waals surface area contributed by atoms with E-state index in [9.17, 15) is 8.78 Å². The molecule has 0 aromatic heterocycles. The summed E-state index contributed by atoms with van der Waals surface area (Å²) in [6.45, 7) is 4.12. The molecule has 2 fully saturated rings. The summed E-state index contributed by atoms with van der Waals surface area (Å²) in [4.78, 5) is 2.41. The standard InChI is InChI=1S/C14H26F2N2/c1-17-9-13-5-3-7-18(11-13)10-12-4-2-6-14(15,16)8-12/h12-13,17H,2-11H2,1H3. The highest BCUT2D eigenvalue weighted by Crippen LogP contribution is 2.37. The molecule has 1 heterocycles. The minimum atomic E-state index is -2.40. The van der Waals surface area contributed by atoms with Gasteiger partial charge in [0, 0.05) is 25.9 Å². The van der Waals surface area contributed by atoms with Crippen LogP contribution in [0.4, 0.5) is 8.78 Å². The molecule has 18 heavy (non-hydrogen) atoms. The monoisotopic (exact) mass is 260 g/mol. The third kappa shape index (κ3) is 4.16. The van der Waals surface area contributed by atoms with Crippen molar-refractivity contribution in [2.24, 2.45) is 11.8 Å². The van der Waals surface area contributed by atoms with E-state index in [1.807, 2.05) is 7.05 Å². The van der Waals surface area contributed by atoms with Crippen LogP contribution in [0.15, 0.2) is 0 Å². The maximum absolute atomic E-state index is 13.4. The van der Waals surface area contributed by atoms with Gasteiger partial charge in [-0.25, -0.2) is 8.78 Å². The number of nitrogens with one attached hydrogen (secondary N) is 1. The van der Waals surface area contributed by atoms with Crippen LogP contribution < -0.4 is 5.32 Å². The van der Waals surface area contributed by atoms with E-state index in [0.29, 0.717) is 12.3 Å². The van der Waals surface area contributed by atoms with Crippen molar-refractivity contribution in [3.05, 3.63) is 0 Å². The van der Waals surface area contributed by atoms with Crippen molar-refractivity contribution in [2.45, 2.75) is 44.4 Å². The second kappa shape index (κ2) is 6.29. The van der Waals surface area contributed by atoms with Gasteiger partial charge in [0.1, 0.15) is 0 Å². The lowest BCUT2D eigenvalue weighted by Gasteiger charge is -2.37. The number of halogens is 2. The van der Waals surface area contributed by atoms with Gasteiger partial charge in [0.2, 0.25) is 5.92 Å². The Morgan fingerprint density at radius 1 is 1.22 bits per heavy atom. The zero-order valence-electron chi connectivity index (χ0n) is 11.4. The largest absolute Gasteiger partial charge is 0.319 e. The van der Waals surface area contributed by atoms with Crippen LogP contribution in [-0.4, -0.2) is 44.0 Å². The smallest absolute Gasteiger partial charge is 0.248 e. The molecule has 0 radical (unpaired) electrons. The Bertz CT molecular complexity index is 256. The van der Waals surface area contributed by atoms with Gasteiger partial charge in [0.15, 0.2) is 0 Å². The average Bonchev–Trinajstić information content (AvgIpc) is 2.28. The zero-order chi connectivity index (χ0) is 13.0. The number of rotatable bonds is 4. The van der Waals surface area contributed by atoms with Crippen LogP contribution in [0.3, 0.4) is 0 Å². The van der Waals surface area contributed by atoms with Gasteiger partial charge < -0.3 is 10.2 Å². The van der Waals surface area contributed by atoms with E-state index in [2.05, 4.69) is 10.2 Å². The van der Waals surface area contributed by atoms with Gasteiger partial charge in [-0.2, -0.15) is 0 Å². The first-order chi connectivity index (χ1) is 8.59. The first kappa shape index (κ1) is 14.2. The van der Waals surface area contributed by atoms with Gasteiger partial charge in [-0.05, 0) is 57.7 Å². The van der Waals surface area contributed by atoms with E-state index in [-0.39, 0.29) is 18.8 Å². The fourth-order valence-electron chi connectivity index (χ4n) is 3.57. The molecule has 2 aliphatic rings. The van der Waals surface area contributed by atoms with Crippen molar-refractivity contribution in [2.75, 3.05) is 33.2 Å². The summed E-state index contributed by atoms with van der Waals surface area (Å²) in [5, 5.41) is 3.23. The molecular formula is C14H26F2N2. The van der Waals surface area contributed by atoms with Crippen LogP contribution in [-0.2, 0) is 0 Å². The number of piperidine rings is 1. The van der Waals surface area contributed by atoms with Crippen molar-refractivity contribution < 1.29 is 8.78 Å². The highest BCUT2D eigenvalue weighted by atomic mass is 19.3. The van der Waals surface area contributed by atoms with E-state index in [4.69, 9.17) is 0 Å². The van der Waals surface area contributed by atoms with Crippen molar-refractivity contribution in [3.63, 3.8) is 0 Å². The van der Waals surface area contributed by atoms with Gasteiger partial charge >= 0.3 is 0 Å². The molecule has 4 heteroatoms. The molecule has 2 rings (SSSR count). The molecule has 1 saturated carbocycles. The Kier molecular flexibility index (Phi) is 4.96. The summed E-state index contributed by atoms with van der Waals surface area (Å²) in [7, 11) is 1.99. The van der Waals surface area contributed by atoms with Crippen LogP contribution >= 0.6 is 0 Å². The summed E-state index contributed by atoms with van der Waals surface area (Å²) in [6.07, 6.45) is 4.40. The maximum Gasteiger partial charge on any atom is 0.248 e. The Morgan fingerprint density at radius 2 is 2.00 bits per heavy atom. The molecule has 2 nitrogen and oxygen atoms in total. The summed E-state index contributed by atoms with van der Waals surface area (Å²) in [5.41, 5.74) is 0. The van der Waals surface area contributed by atoms with Crippen molar-refractivity contribution in [1.29, 1.82) is 0 Å². The molecule has 0 aromatic rings. The Hall–Kier alpha value is -0.220. The quantitative estimate of drug-likeness (QED) is 0.836. The summed E-state index contributed by atoms with van der Waals surface area (Å²) < 4.78 is 26.8. The van der Waals surface area contributed by atoms with E-state index >= 15 is 0 Å². The highest BCUT2D eigenvalue weighted by Gasteiger charge is 2.37. The van der Waals surface area contributed by atoms with Gasteiger partial charge in [0.05, 0.1) is 0 Å². The third-order valence-electron chi connectivity index (χ3n) is 4.35. The minimum Gasteiger partial charge on any atom is -0.319 e. The molecule has 0 aromatic carbocycles. The molecule has 2 unspecified atom stereocenters. The Balaban J connectivity index is 1.78. The molecule has 1 aliphatic carbocycles.